The number of benzene rings is 1. The molecule has 1 heterocycles. The van der Waals surface area contributed by atoms with E-state index in [1.54, 1.807) is 0 Å². The van der Waals surface area contributed by atoms with Crippen LogP contribution in [0.4, 0.5) is 0 Å². The summed E-state index contributed by atoms with van der Waals surface area (Å²) < 4.78 is 11.1. The topological polar surface area (TPSA) is 45.2 Å². The van der Waals surface area contributed by atoms with Crippen molar-refractivity contribution in [3.05, 3.63) is 24.3 Å². The molecule has 1 N–H and O–H groups in total. The molecule has 1 fully saturated rings. The zero-order chi connectivity index (χ0) is 18.1. The summed E-state index contributed by atoms with van der Waals surface area (Å²) in [5.74, 6) is 2.37. The van der Waals surface area contributed by atoms with Crippen molar-refractivity contribution in [2.75, 3.05) is 52.5 Å². The fourth-order valence-corrected chi connectivity index (χ4v) is 2.98. The third-order valence-electron chi connectivity index (χ3n) is 4.53. The van der Waals surface area contributed by atoms with Crippen molar-refractivity contribution in [3.8, 4) is 11.5 Å². The highest BCUT2D eigenvalue weighted by atomic mass is 16.5. The number of β-amino-alcohol motifs (C(OH)–C–C–N with tert-alkyl or cyclic N) is 1. The fraction of sp³-hybridized carbons (Fsp3) is 0.700. The van der Waals surface area contributed by atoms with Crippen LogP contribution in [-0.4, -0.2) is 73.5 Å². The van der Waals surface area contributed by atoms with E-state index >= 15 is 0 Å². The Balaban J connectivity index is 1.63. The van der Waals surface area contributed by atoms with Crippen LogP contribution in [0, 0.1) is 5.92 Å². The second kappa shape index (κ2) is 10.6. The molecule has 1 aromatic rings. The van der Waals surface area contributed by atoms with Gasteiger partial charge in [-0.15, -0.1) is 0 Å². The second-order valence-corrected chi connectivity index (χ2v) is 7.19. The minimum Gasteiger partial charge on any atom is -0.494 e. The van der Waals surface area contributed by atoms with Crippen LogP contribution in [0.2, 0.25) is 0 Å². The van der Waals surface area contributed by atoms with Gasteiger partial charge in [-0.05, 0) is 50.1 Å². The molecule has 0 bridgehead atoms. The average molecular weight is 351 g/mol. The maximum Gasteiger partial charge on any atom is 0.119 e. The second-order valence-electron chi connectivity index (χ2n) is 7.19. The van der Waals surface area contributed by atoms with Crippen molar-refractivity contribution in [3.63, 3.8) is 0 Å². The van der Waals surface area contributed by atoms with Gasteiger partial charge in [-0.2, -0.15) is 0 Å². The Morgan fingerprint density at radius 3 is 2.08 bits per heavy atom. The molecular formula is C20H34N2O3. The number of ether oxygens (including phenoxy) is 2. The molecule has 1 aliphatic rings. The number of hydrogen-bond acceptors (Lipinski definition) is 5. The molecular weight excluding hydrogens is 316 g/mol. The summed E-state index contributed by atoms with van der Waals surface area (Å²) in [6.45, 7) is 13.6. The SMILES string of the molecule is CCOc1ccc(OCC(O)CN2CCN(CCC(C)C)CC2)cc1. The lowest BCUT2D eigenvalue weighted by Gasteiger charge is -2.35. The molecule has 1 atom stereocenters. The Bertz CT molecular complexity index is 470. The number of aliphatic hydroxyl groups excluding tert-OH is 1. The molecule has 0 spiro atoms. The van der Waals surface area contributed by atoms with E-state index in [-0.39, 0.29) is 0 Å². The smallest absolute Gasteiger partial charge is 0.119 e. The zero-order valence-corrected chi connectivity index (χ0v) is 16.0. The molecule has 0 aromatic heterocycles. The summed E-state index contributed by atoms with van der Waals surface area (Å²) in [6.07, 6.45) is 0.798. The van der Waals surface area contributed by atoms with Crippen molar-refractivity contribution in [1.82, 2.24) is 9.80 Å². The molecule has 1 saturated heterocycles. The molecule has 25 heavy (non-hydrogen) atoms. The molecule has 0 aliphatic carbocycles. The molecule has 0 amide bonds. The van der Waals surface area contributed by atoms with Crippen molar-refractivity contribution in [1.29, 1.82) is 0 Å². The van der Waals surface area contributed by atoms with E-state index in [0.29, 0.717) is 19.8 Å². The molecule has 5 heteroatoms. The quantitative estimate of drug-likeness (QED) is 0.702. The van der Waals surface area contributed by atoms with Gasteiger partial charge in [-0.1, -0.05) is 13.8 Å². The van der Waals surface area contributed by atoms with Crippen LogP contribution < -0.4 is 9.47 Å². The van der Waals surface area contributed by atoms with Gasteiger partial charge >= 0.3 is 0 Å². The highest BCUT2D eigenvalue weighted by Gasteiger charge is 2.19. The molecule has 1 aliphatic heterocycles. The monoisotopic (exact) mass is 350 g/mol. The zero-order valence-electron chi connectivity index (χ0n) is 16.0. The highest BCUT2D eigenvalue weighted by molar-refractivity contribution is 5.31. The minimum atomic E-state index is -0.464. The summed E-state index contributed by atoms with van der Waals surface area (Å²) in [5.41, 5.74) is 0. The lowest BCUT2D eigenvalue weighted by atomic mass is 10.1. The molecule has 1 unspecified atom stereocenters. The van der Waals surface area contributed by atoms with Crippen molar-refractivity contribution in [2.24, 2.45) is 5.92 Å². The third kappa shape index (κ3) is 7.63. The van der Waals surface area contributed by atoms with Crippen LogP contribution in [0.5, 0.6) is 11.5 Å². The van der Waals surface area contributed by atoms with Gasteiger partial charge in [-0.25, -0.2) is 0 Å². The van der Waals surface area contributed by atoms with E-state index in [2.05, 4.69) is 23.6 Å². The largest absolute Gasteiger partial charge is 0.494 e. The first-order valence-corrected chi connectivity index (χ1v) is 9.55. The van der Waals surface area contributed by atoms with Crippen molar-refractivity contribution >= 4 is 0 Å². The lowest BCUT2D eigenvalue weighted by Crippen LogP contribution is -2.49. The van der Waals surface area contributed by atoms with Crippen LogP contribution in [0.3, 0.4) is 0 Å². The molecule has 0 radical (unpaired) electrons. The first kappa shape index (κ1) is 20.0. The average Bonchev–Trinajstić information content (AvgIpc) is 2.61. The van der Waals surface area contributed by atoms with Crippen molar-refractivity contribution < 1.29 is 14.6 Å². The normalized spacial score (nSPS) is 17.6. The molecule has 0 saturated carbocycles. The van der Waals surface area contributed by atoms with Gasteiger partial charge in [0.25, 0.3) is 0 Å². The maximum absolute atomic E-state index is 10.2. The van der Waals surface area contributed by atoms with E-state index in [1.807, 2.05) is 31.2 Å². The van der Waals surface area contributed by atoms with Gasteiger partial charge in [0.15, 0.2) is 0 Å². The highest BCUT2D eigenvalue weighted by Crippen LogP contribution is 2.17. The first-order chi connectivity index (χ1) is 12.1. The van der Waals surface area contributed by atoms with Gasteiger partial charge in [0.1, 0.15) is 24.2 Å². The van der Waals surface area contributed by atoms with Crippen LogP contribution in [-0.2, 0) is 0 Å². The third-order valence-corrected chi connectivity index (χ3v) is 4.53. The summed E-state index contributed by atoms with van der Waals surface area (Å²) in [6, 6.07) is 7.54. The minimum absolute atomic E-state index is 0.321. The van der Waals surface area contributed by atoms with Gasteiger partial charge < -0.3 is 19.5 Å². The number of aliphatic hydroxyl groups is 1. The predicted octanol–water partition coefficient (Wildman–Crippen LogP) is 2.49. The maximum atomic E-state index is 10.2. The first-order valence-electron chi connectivity index (χ1n) is 9.55. The summed E-state index contributed by atoms with van der Waals surface area (Å²) >= 11 is 0. The Labute approximate surface area is 152 Å². The Morgan fingerprint density at radius 1 is 0.960 bits per heavy atom. The van der Waals surface area contributed by atoms with E-state index in [9.17, 15) is 5.11 Å². The van der Waals surface area contributed by atoms with Gasteiger partial charge in [0.2, 0.25) is 0 Å². The van der Waals surface area contributed by atoms with E-state index in [1.165, 1.54) is 13.0 Å². The number of nitrogens with zero attached hydrogens (tertiary/aromatic N) is 2. The number of rotatable bonds is 10. The summed E-state index contributed by atoms with van der Waals surface area (Å²) in [7, 11) is 0. The molecule has 5 nitrogen and oxygen atoms in total. The van der Waals surface area contributed by atoms with Crippen LogP contribution in [0.25, 0.3) is 0 Å². The van der Waals surface area contributed by atoms with Gasteiger partial charge in [0, 0.05) is 32.7 Å². The lowest BCUT2D eigenvalue weighted by molar-refractivity contribution is 0.0453. The Kier molecular flexibility index (Phi) is 8.52. The van der Waals surface area contributed by atoms with Crippen LogP contribution in [0.1, 0.15) is 27.2 Å². The van der Waals surface area contributed by atoms with E-state index < -0.39 is 6.10 Å². The fourth-order valence-electron chi connectivity index (χ4n) is 2.98. The predicted molar refractivity (Wildman–Crippen MR) is 101 cm³/mol. The Hall–Kier alpha value is -1.30. The van der Waals surface area contributed by atoms with E-state index in [4.69, 9.17) is 9.47 Å². The van der Waals surface area contributed by atoms with Crippen LogP contribution >= 0.6 is 0 Å². The number of piperazine rings is 1. The van der Waals surface area contributed by atoms with E-state index in [0.717, 1.165) is 43.6 Å². The molecule has 1 aromatic carbocycles. The molecule has 142 valence electrons. The summed E-state index contributed by atoms with van der Waals surface area (Å²) in [4.78, 5) is 4.86. The van der Waals surface area contributed by atoms with Gasteiger partial charge in [0.05, 0.1) is 6.61 Å². The van der Waals surface area contributed by atoms with Crippen LogP contribution in [0.15, 0.2) is 24.3 Å². The number of hydrogen-bond donors (Lipinski definition) is 1. The summed E-state index contributed by atoms with van der Waals surface area (Å²) in [5, 5.41) is 10.2. The van der Waals surface area contributed by atoms with Crippen molar-refractivity contribution in [2.45, 2.75) is 33.3 Å². The van der Waals surface area contributed by atoms with Gasteiger partial charge in [-0.3, -0.25) is 4.90 Å². The molecule has 2 rings (SSSR count). The Morgan fingerprint density at radius 2 is 1.52 bits per heavy atom. The standard InChI is InChI=1S/C20H34N2O3/c1-4-24-19-5-7-20(8-6-19)25-16-18(23)15-22-13-11-21(12-14-22)10-9-17(2)3/h5-8,17-18,23H,4,9-16H2,1-3H3.